The highest BCUT2D eigenvalue weighted by Crippen LogP contribution is 2.47. The van der Waals surface area contributed by atoms with Crippen LogP contribution in [0, 0.1) is 5.92 Å². The number of anilines is 1. The van der Waals surface area contributed by atoms with Crippen LogP contribution < -0.4 is 11.1 Å². The quantitative estimate of drug-likeness (QED) is 0.453. The van der Waals surface area contributed by atoms with Crippen molar-refractivity contribution in [2.75, 3.05) is 25.9 Å². The Hall–Kier alpha value is -3.80. The number of carbonyl (C=O) groups is 4. The predicted octanol–water partition coefficient (Wildman–Crippen LogP) is 1.21. The number of piperidine rings is 1. The van der Waals surface area contributed by atoms with Crippen LogP contribution >= 0.6 is 0 Å². The number of amides is 3. The van der Waals surface area contributed by atoms with Gasteiger partial charge in [-0.1, -0.05) is 42.5 Å². The lowest BCUT2D eigenvalue weighted by molar-refractivity contribution is -0.315. The minimum Gasteiger partial charge on any atom is -0.398 e. The van der Waals surface area contributed by atoms with Gasteiger partial charge in [-0.05, 0) is 50.4 Å². The summed E-state index contributed by atoms with van der Waals surface area (Å²) in [6.45, 7) is 2.32. The van der Waals surface area contributed by atoms with Crippen molar-refractivity contribution in [3.63, 3.8) is 0 Å². The first-order valence-electron chi connectivity index (χ1n) is 15.1. The van der Waals surface area contributed by atoms with E-state index in [4.69, 9.17) is 10.5 Å². The molecule has 0 bridgehead atoms. The Balaban J connectivity index is 1.16. The van der Waals surface area contributed by atoms with Crippen molar-refractivity contribution < 1.29 is 29.0 Å². The summed E-state index contributed by atoms with van der Waals surface area (Å²) in [5.74, 6) is -3.93. The first kappa shape index (κ1) is 28.0. The molecule has 1 aliphatic carbocycles. The lowest BCUT2D eigenvalue weighted by Crippen LogP contribution is -2.71. The summed E-state index contributed by atoms with van der Waals surface area (Å²) in [7, 11) is 1.90. The van der Waals surface area contributed by atoms with E-state index < -0.39 is 35.5 Å². The van der Waals surface area contributed by atoms with Gasteiger partial charge < -0.3 is 26.0 Å². The van der Waals surface area contributed by atoms with Gasteiger partial charge in [0, 0.05) is 49.1 Å². The van der Waals surface area contributed by atoms with E-state index in [-0.39, 0.29) is 36.0 Å². The van der Waals surface area contributed by atoms with E-state index in [9.17, 15) is 24.3 Å². The predicted molar refractivity (Wildman–Crippen MR) is 155 cm³/mol. The highest BCUT2D eigenvalue weighted by Gasteiger charge is 2.70. The summed E-state index contributed by atoms with van der Waals surface area (Å²) in [6.07, 6.45) is 2.16. The van der Waals surface area contributed by atoms with Crippen molar-refractivity contribution in [2.24, 2.45) is 5.92 Å². The van der Waals surface area contributed by atoms with Gasteiger partial charge in [-0.15, -0.1) is 0 Å². The molecule has 226 valence electrons. The Bertz CT molecular complexity index is 1520. The van der Waals surface area contributed by atoms with Crippen LogP contribution in [0.4, 0.5) is 5.69 Å². The smallest absolute Gasteiger partial charge is 0.280 e. The van der Waals surface area contributed by atoms with E-state index in [0.717, 1.165) is 11.1 Å². The van der Waals surface area contributed by atoms with Gasteiger partial charge in [0.15, 0.2) is 5.78 Å². The van der Waals surface area contributed by atoms with Gasteiger partial charge in [-0.3, -0.25) is 28.8 Å². The number of likely N-dealkylation sites (tertiary alicyclic amines) is 1. The Kier molecular flexibility index (Phi) is 6.42. The number of carbonyl (C=O) groups excluding carboxylic acids is 4. The van der Waals surface area contributed by atoms with E-state index in [1.807, 2.05) is 54.4 Å². The normalized spacial score (nSPS) is 35.3. The van der Waals surface area contributed by atoms with Crippen LogP contribution in [-0.2, 0) is 25.5 Å². The third-order valence-electron chi connectivity index (χ3n) is 10.2. The van der Waals surface area contributed by atoms with Gasteiger partial charge in [0.2, 0.25) is 17.5 Å². The van der Waals surface area contributed by atoms with Crippen LogP contribution in [0.5, 0.6) is 0 Å². The summed E-state index contributed by atoms with van der Waals surface area (Å²) in [4.78, 5) is 59.5. The fourth-order valence-electron chi connectivity index (χ4n) is 8.18. The lowest BCUT2D eigenvalue weighted by atomic mass is 9.71. The Morgan fingerprint density at radius 3 is 2.67 bits per heavy atom. The van der Waals surface area contributed by atoms with E-state index in [1.165, 1.54) is 11.8 Å². The molecule has 2 aromatic carbocycles. The van der Waals surface area contributed by atoms with Crippen LogP contribution in [0.15, 0.2) is 48.5 Å². The number of piperazine rings is 1. The maximum absolute atomic E-state index is 14.1. The maximum atomic E-state index is 14.1. The third kappa shape index (κ3) is 4.20. The van der Waals surface area contributed by atoms with Crippen molar-refractivity contribution in [3.8, 4) is 0 Å². The molecule has 0 saturated carbocycles. The second-order valence-corrected chi connectivity index (χ2v) is 12.8. The molecular formula is C32H37N5O6. The van der Waals surface area contributed by atoms with Crippen LogP contribution in [0.2, 0.25) is 0 Å². The largest absolute Gasteiger partial charge is 0.398 e. The maximum Gasteiger partial charge on any atom is 0.280 e. The summed E-state index contributed by atoms with van der Waals surface area (Å²) < 4.78 is 6.20. The molecule has 43 heavy (non-hydrogen) atoms. The van der Waals surface area contributed by atoms with Crippen molar-refractivity contribution in [1.29, 1.82) is 0 Å². The molecule has 2 aromatic rings. The molecule has 0 aromatic heterocycles. The average molecular weight is 588 g/mol. The Morgan fingerprint density at radius 1 is 1.14 bits per heavy atom. The van der Waals surface area contributed by atoms with Crippen molar-refractivity contribution in [1.82, 2.24) is 20.0 Å². The van der Waals surface area contributed by atoms with E-state index in [2.05, 4.69) is 5.32 Å². The molecule has 0 radical (unpaired) electrons. The zero-order chi connectivity index (χ0) is 30.3. The minimum absolute atomic E-state index is 0.00650. The van der Waals surface area contributed by atoms with Crippen LogP contribution in [0.3, 0.4) is 0 Å². The molecule has 7 rings (SSSR count). The van der Waals surface area contributed by atoms with Crippen LogP contribution in [-0.4, -0.2) is 93.2 Å². The molecule has 4 heterocycles. The number of nitrogens with one attached hydrogen (secondary N) is 1. The SMILES string of the molecule is CN1C[C@H](C(=O)N[C@]2(C)O[C@@]3(O)[C@@H]4CCCN4C(=O)[C@H](Cc4ccccc4)N3C2=O)C[C@@H]2c3cccc(N)c3C(=O)C[C@H]21. The zero-order valence-electron chi connectivity index (χ0n) is 24.4. The second-order valence-electron chi connectivity index (χ2n) is 12.8. The number of benzene rings is 2. The van der Waals surface area contributed by atoms with E-state index in [1.54, 1.807) is 11.0 Å². The van der Waals surface area contributed by atoms with Crippen LogP contribution in [0.1, 0.15) is 60.0 Å². The number of hydrogen-bond donors (Lipinski definition) is 3. The number of nitrogens with two attached hydrogens (primary N) is 1. The standard InChI is InChI=1S/C32H37N5O6/c1-31(34-28(39)19-15-21-20-10-6-11-22(33)27(20)25(38)16-23(21)35(2)17-19)30(41)37-24(14-18-8-4-3-5-9-18)29(40)36-13-7-12-26(36)32(37,42)43-31/h3-6,8-11,19,21,23-24,26,42H,7,12-17,33H2,1-2H3,(H,34,39)/t19-,21-,23-,24+,26+,31-,32+/m1/s1. The molecule has 4 aliphatic heterocycles. The van der Waals surface area contributed by atoms with E-state index in [0.29, 0.717) is 50.0 Å². The summed E-state index contributed by atoms with van der Waals surface area (Å²) in [5.41, 5.74) is 6.97. The Labute approximate surface area is 249 Å². The van der Waals surface area contributed by atoms with Gasteiger partial charge in [-0.2, -0.15) is 0 Å². The number of hydrogen-bond acceptors (Lipinski definition) is 8. The van der Waals surface area contributed by atoms with E-state index >= 15 is 0 Å². The monoisotopic (exact) mass is 587 g/mol. The summed E-state index contributed by atoms with van der Waals surface area (Å²) >= 11 is 0. The van der Waals surface area contributed by atoms with Gasteiger partial charge in [0.1, 0.15) is 12.1 Å². The minimum atomic E-state index is -2.07. The molecule has 5 aliphatic rings. The molecule has 4 N–H and O–H groups in total. The molecule has 11 heteroatoms. The molecular weight excluding hydrogens is 550 g/mol. The van der Waals surface area contributed by atoms with Crippen molar-refractivity contribution in [3.05, 3.63) is 65.2 Å². The number of aliphatic hydroxyl groups is 1. The van der Waals surface area contributed by atoms with Crippen LogP contribution in [0.25, 0.3) is 0 Å². The van der Waals surface area contributed by atoms with Crippen molar-refractivity contribution in [2.45, 2.75) is 74.7 Å². The molecule has 7 atom stereocenters. The number of ether oxygens (including phenoxy) is 1. The molecule has 3 amide bonds. The zero-order valence-corrected chi connectivity index (χ0v) is 24.4. The fourth-order valence-corrected chi connectivity index (χ4v) is 8.18. The third-order valence-corrected chi connectivity index (χ3v) is 10.2. The number of ketones is 1. The van der Waals surface area contributed by atoms with Gasteiger partial charge >= 0.3 is 0 Å². The summed E-state index contributed by atoms with van der Waals surface area (Å²) in [5, 5.41) is 14.9. The number of rotatable bonds is 4. The van der Waals surface area contributed by atoms with Gasteiger partial charge in [0.05, 0.1) is 5.92 Å². The number of nitrogens with zero attached hydrogens (tertiary/aromatic N) is 3. The molecule has 0 unspecified atom stereocenters. The van der Waals surface area contributed by atoms with Crippen molar-refractivity contribution >= 4 is 29.2 Å². The number of nitrogen functional groups attached to an aromatic ring is 1. The summed E-state index contributed by atoms with van der Waals surface area (Å²) in [6, 6.07) is 13.1. The topological polar surface area (TPSA) is 146 Å². The van der Waals surface area contributed by atoms with Gasteiger partial charge in [0.25, 0.3) is 11.8 Å². The first-order chi connectivity index (χ1) is 20.5. The number of fused-ring (bicyclic) bond motifs is 6. The molecule has 4 fully saturated rings. The lowest BCUT2D eigenvalue weighted by Gasteiger charge is -2.48. The average Bonchev–Trinajstić information content (AvgIpc) is 3.55. The van der Waals surface area contributed by atoms with Gasteiger partial charge in [-0.25, -0.2) is 0 Å². The highest BCUT2D eigenvalue weighted by molar-refractivity contribution is 6.04. The molecule has 11 nitrogen and oxygen atoms in total. The number of Topliss-reactive ketones (excluding diaryl/α,β-unsaturated/α-hetero) is 1. The first-order valence-corrected chi connectivity index (χ1v) is 15.1. The number of likely N-dealkylation sites (N-methyl/N-ethyl adjacent to an activating group) is 1. The molecule has 0 spiro atoms. The Morgan fingerprint density at radius 2 is 1.91 bits per heavy atom. The fraction of sp³-hybridized carbons (Fsp3) is 0.500. The second kappa shape index (κ2) is 9.87. The highest BCUT2D eigenvalue weighted by atomic mass is 16.7. The molecule has 4 saturated heterocycles.